The third-order valence-electron chi connectivity index (χ3n) is 4.48. The Labute approximate surface area is 126 Å². The maximum Gasteiger partial charge on any atom is 0.335 e. The summed E-state index contributed by atoms with van der Waals surface area (Å²) in [5.41, 5.74) is 1.57. The van der Waals surface area contributed by atoms with E-state index in [1.807, 2.05) is 12.1 Å². The van der Waals surface area contributed by atoms with Crippen molar-refractivity contribution in [2.24, 2.45) is 5.92 Å². The molecule has 1 saturated carbocycles. The second kappa shape index (κ2) is 6.58. The third-order valence-corrected chi connectivity index (χ3v) is 4.48. The van der Waals surface area contributed by atoms with Gasteiger partial charge in [0.15, 0.2) is 0 Å². The minimum atomic E-state index is -0.856. The van der Waals surface area contributed by atoms with Crippen LogP contribution in [0.15, 0.2) is 24.3 Å². The van der Waals surface area contributed by atoms with Crippen LogP contribution in [0.1, 0.15) is 41.6 Å². The van der Waals surface area contributed by atoms with Gasteiger partial charge in [-0.05, 0) is 62.4 Å². The first-order valence-corrected chi connectivity index (χ1v) is 7.98. The van der Waals surface area contributed by atoms with Gasteiger partial charge in [-0.1, -0.05) is 12.1 Å². The van der Waals surface area contributed by atoms with Gasteiger partial charge in [0.2, 0.25) is 0 Å². The summed E-state index contributed by atoms with van der Waals surface area (Å²) in [5, 5.41) is 12.6. The fourth-order valence-corrected chi connectivity index (χ4v) is 3.09. The molecule has 2 fully saturated rings. The number of aromatic carboxylic acids is 1. The van der Waals surface area contributed by atoms with E-state index in [1.165, 1.54) is 31.2 Å². The van der Waals surface area contributed by atoms with E-state index < -0.39 is 5.97 Å². The van der Waals surface area contributed by atoms with E-state index in [1.54, 1.807) is 12.1 Å². The molecular formula is C17H24N2O2. The van der Waals surface area contributed by atoms with Crippen LogP contribution in [0.2, 0.25) is 0 Å². The Bertz CT molecular complexity index is 482. The Morgan fingerprint density at radius 1 is 1.24 bits per heavy atom. The molecule has 1 aliphatic heterocycles. The maximum absolute atomic E-state index is 10.9. The molecule has 1 atom stereocenters. The molecule has 1 unspecified atom stereocenters. The molecule has 4 nitrogen and oxygen atoms in total. The van der Waals surface area contributed by atoms with E-state index in [0.717, 1.165) is 38.1 Å². The lowest BCUT2D eigenvalue weighted by molar-refractivity contribution is 0.0697. The summed E-state index contributed by atoms with van der Waals surface area (Å²) in [6, 6.07) is 8.08. The van der Waals surface area contributed by atoms with Gasteiger partial charge in [-0.15, -0.1) is 0 Å². The molecule has 2 aliphatic rings. The number of carboxylic acid groups (broad SMARTS) is 1. The van der Waals surface area contributed by atoms with Gasteiger partial charge in [-0.2, -0.15) is 0 Å². The van der Waals surface area contributed by atoms with E-state index in [0.29, 0.717) is 5.56 Å². The number of likely N-dealkylation sites (tertiary alicyclic amines) is 1. The van der Waals surface area contributed by atoms with Gasteiger partial charge in [0.05, 0.1) is 5.56 Å². The second-order valence-electron chi connectivity index (χ2n) is 6.43. The SMILES string of the molecule is O=C(O)c1ccc(CN2CCCC(CNC3CC3)C2)cc1. The molecular weight excluding hydrogens is 264 g/mol. The molecule has 0 spiro atoms. The number of hydrogen-bond donors (Lipinski definition) is 2. The van der Waals surface area contributed by atoms with Crippen LogP contribution >= 0.6 is 0 Å². The molecule has 0 aromatic heterocycles. The second-order valence-corrected chi connectivity index (χ2v) is 6.43. The molecule has 0 bridgehead atoms. The molecule has 1 aromatic rings. The summed E-state index contributed by atoms with van der Waals surface area (Å²) < 4.78 is 0. The summed E-state index contributed by atoms with van der Waals surface area (Å²) in [4.78, 5) is 13.4. The molecule has 4 heteroatoms. The summed E-state index contributed by atoms with van der Waals surface area (Å²) in [5.74, 6) is -0.0941. The maximum atomic E-state index is 10.9. The normalized spacial score (nSPS) is 23.1. The van der Waals surface area contributed by atoms with E-state index in [-0.39, 0.29) is 0 Å². The van der Waals surface area contributed by atoms with Crippen molar-refractivity contribution in [1.82, 2.24) is 10.2 Å². The minimum absolute atomic E-state index is 0.365. The number of piperidine rings is 1. The fraction of sp³-hybridized carbons (Fsp3) is 0.588. The zero-order valence-corrected chi connectivity index (χ0v) is 12.4. The monoisotopic (exact) mass is 288 g/mol. The molecule has 1 saturated heterocycles. The average Bonchev–Trinajstić information content (AvgIpc) is 3.30. The van der Waals surface area contributed by atoms with Crippen LogP contribution in [-0.4, -0.2) is 41.7 Å². The van der Waals surface area contributed by atoms with E-state index in [9.17, 15) is 4.79 Å². The first kappa shape index (κ1) is 14.5. The molecule has 21 heavy (non-hydrogen) atoms. The Balaban J connectivity index is 1.50. The van der Waals surface area contributed by atoms with Crippen LogP contribution < -0.4 is 5.32 Å². The van der Waals surface area contributed by atoms with Crippen molar-refractivity contribution in [3.63, 3.8) is 0 Å². The van der Waals surface area contributed by atoms with Crippen molar-refractivity contribution in [3.05, 3.63) is 35.4 Å². The first-order chi connectivity index (χ1) is 10.2. The van der Waals surface area contributed by atoms with Gasteiger partial charge >= 0.3 is 5.97 Å². The molecule has 2 N–H and O–H groups in total. The smallest absolute Gasteiger partial charge is 0.335 e. The van der Waals surface area contributed by atoms with E-state index in [2.05, 4.69) is 10.2 Å². The molecule has 0 amide bonds. The highest BCUT2D eigenvalue weighted by atomic mass is 16.4. The van der Waals surface area contributed by atoms with Crippen LogP contribution in [0.3, 0.4) is 0 Å². The zero-order chi connectivity index (χ0) is 14.7. The lowest BCUT2D eigenvalue weighted by atomic mass is 9.97. The van der Waals surface area contributed by atoms with Crippen LogP contribution in [0.4, 0.5) is 0 Å². The average molecular weight is 288 g/mol. The number of nitrogens with one attached hydrogen (secondary N) is 1. The number of rotatable bonds is 6. The van der Waals surface area contributed by atoms with Crippen LogP contribution in [0.5, 0.6) is 0 Å². The highest BCUT2D eigenvalue weighted by Gasteiger charge is 2.24. The Morgan fingerprint density at radius 3 is 2.67 bits per heavy atom. The molecule has 0 radical (unpaired) electrons. The van der Waals surface area contributed by atoms with Gasteiger partial charge in [0.25, 0.3) is 0 Å². The van der Waals surface area contributed by atoms with Crippen molar-refractivity contribution in [2.45, 2.75) is 38.3 Å². The number of carboxylic acids is 1. The lowest BCUT2D eigenvalue weighted by Crippen LogP contribution is -2.39. The number of carbonyl (C=O) groups is 1. The Morgan fingerprint density at radius 2 is 2.00 bits per heavy atom. The van der Waals surface area contributed by atoms with Gasteiger partial charge in [-0.3, -0.25) is 4.90 Å². The first-order valence-electron chi connectivity index (χ1n) is 7.98. The Kier molecular flexibility index (Phi) is 4.56. The van der Waals surface area contributed by atoms with Crippen LogP contribution in [0.25, 0.3) is 0 Å². The van der Waals surface area contributed by atoms with Gasteiger partial charge in [-0.25, -0.2) is 4.79 Å². The molecule has 114 valence electrons. The van der Waals surface area contributed by atoms with Crippen LogP contribution in [0, 0.1) is 5.92 Å². The number of nitrogens with zero attached hydrogens (tertiary/aromatic N) is 1. The van der Waals surface area contributed by atoms with Gasteiger partial charge in [0, 0.05) is 19.1 Å². The molecule has 1 aliphatic carbocycles. The summed E-state index contributed by atoms with van der Waals surface area (Å²) in [6.07, 6.45) is 5.30. The largest absolute Gasteiger partial charge is 0.478 e. The standard InChI is InChI=1S/C17H24N2O2/c20-17(21)15-5-3-13(4-6-15)11-19-9-1-2-14(12-19)10-18-16-7-8-16/h3-6,14,16,18H,1-2,7-12H2,(H,20,21). The predicted octanol–water partition coefficient (Wildman–Crippen LogP) is 2.35. The van der Waals surface area contributed by atoms with E-state index >= 15 is 0 Å². The number of benzene rings is 1. The van der Waals surface area contributed by atoms with Crippen molar-refractivity contribution >= 4 is 5.97 Å². The van der Waals surface area contributed by atoms with Crippen molar-refractivity contribution < 1.29 is 9.90 Å². The van der Waals surface area contributed by atoms with Crippen molar-refractivity contribution in [1.29, 1.82) is 0 Å². The fourth-order valence-electron chi connectivity index (χ4n) is 3.09. The lowest BCUT2D eigenvalue weighted by Gasteiger charge is -2.33. The molecule has 1 heterocycles. The molecule has 3 rings (SSSR count). The Hall–Kier alpha value is -1.39. The van der Waals surface area contributed by atoms with Crippen LogP contribution in [-0.2, 0) is 6.54 Å². The number of hydrogen-bond acceptors (Lipinski definition) is 3. The molecule has 1 aromatic carbocycles. The zero-order valence-electron chi connectivity index (χ0n) is 12.4. The highest BCUT2D eigenvalue weighted by molar-refractivity contribution is 5.87. The van der Waals surface area contributed by atoms with E-state index in [4.69, 9.17) is 5.11 Å². The van der Waals surface area contributed by atoms with Gasteiger partial charge in [0.1, 0.15) is 0 Å². The van der Waals surface area contributed by atoms with Crippen molar-refractivity contribution in [2.75, 3.05) is 19.6 Å². The van der Waals surface area contributed by atoms with Crippen molar-refractivity contribution in [3.8, 4) is 0 Å². The highest BCUT2D eigenvalue weighted by Crippen LogP contribution is 2.22. The van der Waals surface area contributed by atoms with Gasteiger partial charge < -0.3 is 10.4 Å². The topological polar surface area (TPSA) is 52.6 Å². The predicted molar refractivity (Wildman–Crippen MR) is 82.4 cm³/mol. The third kappa shape index (κ3) is 4.29. The summed E-state index contributed by atoms with van der Waals surface area (Å²) in [7, 11) is 0. The summed E-state index contributed by atoms with van der Waals surface area (Å²) >= 11 is 0. The quantitative estimate of drug-likeness (QED) is 0.843. The summed E-state index contributed by atoms with van der Waals surface area (Å²) in [6.45, 7) is 4.39. The minimum Gasteiger partial charge on any atom is -0.478 e.